The summed E-state index contributed by atoms with van der Waals surface area (Å²) in [6.07, 6.45) is 3.20. The van der Waals surface area contributed by atoms with Gasteiger partial charge in [-0.3, -0.25) is 4.79 Å². The molecule has 0 aliphatic heterocycles. The molecule has 3 N–H and O–H groups in total. The Morgan fingerprint density at radius 1 is 1.24 bits per heavy atom. The predicted octanol–water partition coefficient (Wildman–Crippen LogP) is 3.24. The van der Waals surface area contributed by atoms with Crippen molar-refractivity contribution in [1.29, 1.82) is 0 Å². The molecule has 0 aliphatic rings. The van der Waals surface area contributed by atoms with Crippen molar-refractivity contribution in [3.8, 4) is 5.75 Å². The molecule has 0 fully saturated rings. The highest BCUT2D eigenvalue weighted by molar-refractivity contribution is 6.02. The molecule has 0 spiro atoms. The highest BCUT2D eigenvalue weighted by atomic mass is 16.5. The molecule has 0 saturated heterocycles. The van der Waals surface area contributed by atoms with Crippen LogP contribution in [-0.4, -0.2) is 13.0 Å². The molecule has 108 valence electrons. The number of carbonyl (C=O) groups is 1. The zero-order chi connectivity index (χ0) is 15.2. The zero-order valence-electron chi connectivity index (χ0n) is 12.1. The number of hydrogen-bond acceptors (Lipinski definition) is 3. The third-order valence-corrected chi connectivity index (χ3v) is 3.00. The molecule has 0 radical (unpaired) electrons. The summed E-state index contributed by atoms with van der Waals surface area (Å²) < 4.78 is 5.18. The van der Waals surface area contributed by atoms with E-state index in [1.165, 1.54) is 6.08 Å². The quantitative estimate of drug-likeness (QED) is 0.668. The van der Waals surface area contributed by atoms with Crippen LogP contribution in [-0.2, 0) is 4.79 Å². The van der Waals surface area contributed by atoms with Crippen LogP contribution in [0.25, 0.3) is 6.08 Å². The molecule has 0 aromatic heterocycles. The monoisotopic (exact) mass is 282 g/mol. The van der Waals surface area contributed by atoms with Crippen LogP contribution in [0.3, 0.4) is 0 Å². The Kier molecular flexibility index (Phi) is 4.61. The molecule has 4 nitrogen and oxygen atoms in total. The molecule has 21 heavy (non-hydrogen) atoms. The van der Waals surface area contributed by atoms with Crippen LogP contribution < -0.4 is 15.8 Å². The fraction of sp³-hybridized carbons (Fsp3) is 0.118. The predicted molar refractivity (Wildman–Crippen MR) is 86.2 cm³/mol. The SMILES string of the molecule is COc1ccc(NC(=O)/C=C/c2cccc(N)c2)cc1C. The number of anilines is 2. The molecule has 2 aromatic rings. The molecular formula is C17H18N2O2. The number of nitrogens with two attached hydrogens (primary N) is 1. The van der Waals surface area contributed by atoms with Gasteiger partial charge in [-0.1, -0.05) is 12.1 Å². The molecule has 4 heteroatoms. The molecule has 2 aromatic carbocycles. The van der Waals surface area contributed by atoms with Gasteiger partial charge in [0.15, 0.2) is 0 Å². The molecule has 1 amide bonds. The van der Waals surface area contributed by atoms with Gasteiger partial charge in [0.2, 0.25) is 5.91 Å². The summed E-state index contributed by atoms with van der Waals surface area (Å²) >= 11 is 0. The summed E-state index contributed by atoms with van der Waals surface area (Å²) in [6.45, 7) is 1.93. The highest BCUT2D eigenvalue weighted by Crippen LogP contribution is 2.21. The maximum Gasteiger partial charge on any atom is 0.248 e. The number of methoxy groups -OCH3 is 1. The van der Waals surface area contributed by atoms with Crippen LogP contribution in [0.2, 0.25) is 0 Å². The molecule has 0 heterocycles. The second-order valence-corrected chi connectivity index (χ2v) is 4.68. The van der Waals surface area contributed by atoms with E-state index in [9.17, 15) is 4.79 Å². The minimum Gasteiger partial charge on any atom is -0.496 e. The van der Waals surface area contributed by atoms with Gasteiger partial charge in [0.25, 0.3) is 0 Å². The summed E-state index contributed by atoms with van der Waals surface area (Å²) in [5.41, 5.74) is 8.94. The summed E-state index contributed by atoms with van der Waals surface area (Å²) in [6, 6.07) is 12.8. The van der Waals surface area contributed by atoms with Gasteiger partial charge in [-0.15, -0.1) is 0 Å². The number of amides is 1. The van der Waals surface area contributed by atoms with E-state index >= 15 is 0 Å². The number of nitrogens with one attached hydrogen (secondary N) is 1. The molecule has 0 atom stereocenters. The minimum absolute atomic E-state index is 0.193. The van der Waals surface area contributed by atoms with Crippen molar-refractivity contribution < 1.29 is 9.53 Å². The van der Waals surface area contributed by atoms with E-state index in [0.29, 0.717) is 5.69 Å². The van der Waals surface area contributed by atoms with Gasteiger partial charge in [-0.25, -0.2) is 0 Å². The van der Waals surface area contributed by atoms with E-state index in [2.05, 4.69) is 5.32 Å². The van der Waals surface area contributed by atoms with E-state index in [1.807, 2.05) is 31.2 Å². The van der Waals surface area contributed by atoms with E-state index in [0.717, 1.165) is 22.6 Å². The number of benzene rings is 2. The van der Waals surface area contributed by atoms with Gasteiger partial charge in [-0.05, 0) is 54.5 Å². The molecule has 0 unspecified atom stereocenters. The van der Waals surface area contributed by atoms with Crippen LogP contribution in [0.1, 0.15) is 11.1 Å². The standard InChI is InChI=1S/C17H18N2O2/c1-12-10-15(7-8-16(12)21-2)19-17(20)9-6-13-4-3-5-14(18)11-13/h3-11H,18H2,1-2H3,(H,19,20)/b9-6+. The number of ether oxygens (including phenoxy) is 1. The third kappa shape index (κ3) is 4.11. The highest BCUT2D eigenvalue weighted by Gasteiger charge is 2.02. The minimum atomic E-state index is -0.193. The number of aryl methyl sites for hydroxylation is 1. The summed E-state index contributed by atoms with van der Waals surface area (Å²) in [7, 11) is 1.62. The first-order valence-corrected chi connectivity index (χ1v) is 6.58. The maximum atomic E-state index is 11.9. The first kappa shape index (κ1) is 14.7. The largest absolute Gasteiger partial charge is 0.496 e. The van der Waals surface area contributed by atoms with Gasteiger partial charge in [0.1, 0.15) is 5.75 Å². The lowest BCUT2D eigenvalue weighted by Crippen LogP contribution is -2.07. The number of nitrogen functional groups attached to an aromatic ring is 1. The topological polar surface area (TPSA) is 64.3 Å². The Labute approximate surface area is 124 Å². The lowest BCUT2D eigenvalue weighted by atomic mass is 10.2. The Hall–Kier alpha value is -2.75. The van der Waals surface area contributed by atoms with E-state index in [-0.39, 0.29) is 5.91 Å². The average Bonchev–Trinajstić information content (AvgIpc) is 2.45. The van der Waals surface area contributed by atoms with Crippen LogP contribution in [0.4, 0.5) is 11.4 Å². The normalized spacial score (nSPS) is 10.6. The Bertz CT molecular complexity index is 678. The Morgan fingerprint density at radius 3 is 2.71 bits per heavy atom. The van der Waals surface area contributed by atoms with Crippen molar-refractivity contribution in [2.45, 2.75) is 6.92 Å². The number of hydrogen-bond donors (Lipinski definition) is 2. The van der Waals surface area contributed by atoms with Crippen LogP contribution in [0.15, 0.2) is 48.5 Å². The first-order valence-electron chi connectivity index (χ1n) is 6.58. The summed E-state index contributed by atoms with van der Waals surface area (Å²) in [4.78, 5) is 11.9. The smallest absolute Gasteiger partial charge is 0.248 e. The lowest BCUT2D eigenvalue weighted by Gasteiger charge is -2.07. The third-order valence-electron chi connectivity index (χ3n) is 3.00. The fourth-order valence-electron chi connectivity index (χ4n) is 1.97. The van der Waals surface area contributed by atoms with Gasteiger partial charge in [0.05, 0.1) is 7.11 Å². The Balaban J connectivity index is 2.03. The maximum absolute atomic E-state index is 11.9. The van der Waals surface area contributed by atoms with Crippen molar-refractivity contribution in [3.05, 3.63) is 59.7 Å². The van der Waals surface area contributed by atoms with Crippen LogP contribution in [0, 0.1) is 6.92 Å². The molecule has 0 aliphatic carbocycles. The van der Waals surface area contributed by atoms with Crippen LogP contribution >= 0.6 is 0 Å². The second-order valence-electron chi connectivity index (χ2n) is 4.68. The number of carbonyl (C=O) groups excluding carboxylic acids is 1. The van der Waals surface area contributed by atoms with E-state index in [4.69, 9.17) is 10.5 Å². The van der Waals surface area contributed by atoms with Crippen LogP contribution in [0.5, 0.6) is 5.75 Å². The Morgan fingerprint density at radius 2 is 2.05 bits per heavy atom. The molecule has 0 saturated carbocycles. The van der Waals surface area contributed by atoms with E-state index in [1.54, 1.807) is 31.4 Å². The van der Waals surface area contributed by atoms with Gasteiger partial charge < -0.3 is 15.8 Å². The van der Waals surface area contributed by atoms with Crippen molar-refractivity contribution in [2.24, 2.45) is 0 Å². The molecule has 0 bridgehead atoms. The zero-order valence-corrected chi connectivity index (χ0v) is 12.1. The summed E-state index contributed by atoms with van der Waals surface area (Å²) in [5.74, 6) is 0.602. The lowest BCUT2D eigenvalue weighted by molar-refractivity contribution is -0.111. The van der Waals surface area contributed by atoms with Gasteiger partial charge >= 0.3 is 0 Å². The van der Waals surface area contributed by atoms with Crippen molar-refractivity contribution >= 4 is 23.4 Å². The van der Waals surface area contributed by atoms with Gasteiger partial charge in [0, 0.05) is 17.5 Å². The van der Waals surface area contributed by atoms with Crippen molar-refractivity contribution in [1.82, 2.24) is 0 Å². The van der Waals surface area contributed by atoms with Gasteiger partial charge in [-0.2, -0.15) is 0 Å². The molecular weight excluding hydrogens is 264 g/mol. The fourth-order valence-corrected chi connectivity index (χ4v) is 1.97. The van der Waals surface area contributed by atoms with Crippen molar-refractivity contribution in [2.75, 3.05) is 18.2 Å². The second kappa shape index (κ2) is 6.61. The number of rotatable bonds is 4. The summed E-state index contributed by atoms with van der Waals surface area (Å²) in [5, 5.41) is 2.81. The average molecular weight is 282 g/mol. The molecule has 2 rings (SSSR count). The van der Waals surface area contributed by atoms with E-state index < -0.39 is 0 Å². The first-order chi connectivity index (χ1) is 10.1. The van der Waals surface area contributed by atoms with Crippen molar-refractivity contribution in [3.63, 3.8) is 0 Å².